The SMILES string of the molecule is CC(C)CCCCC(=O)c1ccc(B(O)O)cc1. The third-order valence-electron chi connectivity index (χ3n) is 2.97. The van der Waals surface area contributed by atoms with Crippen molar-refractivity contribution in [1.82, 2.24) is 0 Å². The summed E-state index contributed by atoms with van der Waals surface area (Å²) in [5.41, 5.74) is 1.05. The maximum Gasteiger partial charge on any atom is 0.488 e. The molecule has 0 fully saturated rings. The van der Waals surface area contributed by atoms with Crippen LogP contribution >= 0.6 is 0 Å². The summed E-state index contributed by atoms with van der Waals surface area (Å²) >= 11 is 0. The molecule has 1 rings (SSSR count). The molecule has 0 aliphatic heterocycles. The van der Waals surface area contributed by atoms with Gasteiger partial charge in [0.05, 0.1) is 0 Å². The lowest BCUT2D eigenvalue weighted by atomic mass is 9.80. The molecule has 0 aliphatic carbocycles. The van der Waals surface area contributed by atoms with E-state index in [0.717, 1.165) is 19.3 Å². The van der Waals surface area contributed by atoms with Crippen molar-refractivity contribution in [2.24, 2.45) is 5.92 Å². The molecule has 18 heavy (non-hydrogen) atoms. The second-order valence-corrected chi connectivity index (χ2v) is 5.06. The van der Waals surface area contributed by atoms with Gasteiger partial charge in [0, 0.05) is 12.0 Å². The summed E-state index contributed by atoms with van der Waals surface area (Å²) in [5, 5.41) is 17.9. The first-order valence-corrected chi connectivity index (χ1v) is 6.50. The lowest BCUT2D eigenvalue weighted by molar-refractivity contribution is 0.0978. The summed E-state index contributed by atoms with van der Waals surface area (Å²) < 4.78 is 0. The van der Waals surface area contributed by atoms with E-state index in [1.54, 1.807) is 24.3 Å². The number of carbonyl (C=O) groups excluding carboxylic acids is 1. The van der Waals surface area contributed by atoms with Crippen LogP contribution in [-0.4, -0.2) is 22.9 Å². The number of unbranched alkanes of at least 4 members (excludes halogenated alkanes) is 1. The monoisotopic (exact) mass is 248 g/mol. The standard InChI is InChI=1S/C14H21BO3/c1-11(2)5-3-4-6-14(16)12-7-9-13(10-8-12)15(17)18/h7-11,17-18H,3-6H2,1-2H3. The van der Waals surface area contributed by atoms with E-state index in [1.165, 1.54) is 0 Å². The Bertz CT molecular complexity index is 371. The summed E-state index contributed by atoms with van der Waals surface area (Å²) in [6.07, 6.45) is 3.72. The molecule has 1 aromatic rings. The van der Waals surface area contributed by atoms with E-state index >= 15 is 0 Å². The summed E-state index contributed by atoms with van der Waals surface area (Å²) in [7, 11) is -1.47. The molecule has 0 saturated carbocycles. The van der Waals surface area contributed by atoms with Crippen molar-refractivity contribution in [2.75, 3.05) is 0 Å². The van der Waals surface area contributed by atoms with Gasteiger partial charge in [-0.05, 0) is 17.8 Å². The van der Waals surface area contributed by atoms with Crippen LogP contribution in [-0.2, 0) is 0 Å². The molecule has 0 heterocycles. The number of Topliss-reactive ketones (excluding diaryl/α,β-unsaturated/α-hetero) is 1. The summed E-state index contributed by atoms with van der Waals surface area (Å²) in [4.78, 5) is 11.8. The quantitative estimate of drug-likeness (QED) is 0.439. The van der Waals surface area contributed by atoms with Gasteiger partial charge in [0.25, 0.3) is 0 Å². The van der Waals surface area contributed by atoms with Crippen molar-refractivity contribution >= 4 is 18.4 Å². The van der Waals surface area contributed by atoms with E-state index in [1.807, 2.05) is 0 Å². The van der Waals surface area contributed by atoms with Crippen molar-refractivity contribution in [2.45, 2.75) is 39.5 Å². The highest BCUT2D eigenvalue weighted by molar-refractivity contribution is 6.58. The number of hydrogen-bond donors (Lipinski definition) is 2. The Balaban J connectivity index is 2.42. The normalized spacial score (nSPS) is 10.7. The average molecular weight is 248 g/mol. The van der Waals surface area contributed by atoms with Crippen molar-refractivity contribution in [3.8, 4) is 0 Å². The number of hydrogen-bond acceptors (Lipinski definition) is 3. The van der Waals surface area contributed by atoms with E-state index in [-0.39, 0.29) is 5.78 Å². The van der Waals surface area contributed by atoms with Crippen molar-refractivity contribution in [3.63, 3.8) is 0 Å². The molecule has 0 radical (unpaired) electrons. The highest BCUT2D eigenvalue weighted by atomic mass is 16.4. The predicted octanol–water partition coefficient (Wildman–Crippen LogP) is 1.77. The smallest absolute Gasteiger partial charge is 0.423 e. The second-order valence-electron chi connectivity index (χ2n) is 5.06. The van der Waals surface area contributed by atoms with Crippen molar-refractivity contribution < 1.29 is 14.8 Å². The van der Waals surface area contributed by atoms with Gasteiger partial charge in [0.15, 0.2) is 5.78 Å². The average Bonchev–Trinajstić information content (AvgIpc) is 2.34. The molecular weight excluding hydrogens is 227 g/mol. The molecule has 3 nitrogen and oxygen atoms in total. The Morgan fingerprint density at radius 3 is 2.28 bits per heavy atom. The zero-order chi connectivity index (χ0) is 13.5. The highest BCUT2D eigenvalue weighted by Gasteiger charge is 2.11. The van der Waals surface area contributed by atoms with Crippen LogP contribution in [0.3, 0.4) is 0 Å². The molecule has 1 aromatic carbocycles. The summed E-state index contributed by atoms with van der Waals surface area (Å²) in [6, 6.07) is 6.46. The van der Waals surface area contributed by atoms with E-state index in [9.17, 15) is 4.79 Å². The third kappa shape index (κ3) is 5.02. The summed E-state index contributed by atoms with van der Waals surface area (Å²) in [5.74, 6) is 0.808. The van der Waals surface area contributed by atoms with Crippen molar-refractivity contribution in [3.05, 3.63) is 29.8 Å². The van der Waals surface area contributed by atoms with Gasteiger partial charge in [-0.3, -0.25) is 4.79 Å². The minimum Gasteiger partial charge on any atom is -0.423 e. The molecular formula is C14H21BO3. The Hall–Kier alpha value is -1.13. The topological polar surface area (TPSA) is 57.5 Å². The third-order valence-corrected chi connectivity index (χ3v) is 2.97. The molecule has 0 aliphatic rings. The van der Waals surface area contributed by atoms with Crippen LogP contribution in [0, 0.1) is 5.92 Å². The largest absolute Gasteiger partial charge is 0.488 e. The fraction of sp³-hybridized carbons (Fsp3) is 0.500. The van der Waals surface area contributed by atoms with Crippen molar-refractivity contribution in [1.29, 1.82) is 0 Å². The Labute approximate surface area is 109 Å². The fourth-order valence-corrected chi connectivity index (χ4v) is 1.82. The van der Waals surface area contributed by atoms with Gasteiger partial charge < -0.3 is 10.0 Å². The molecule has 0 atom stereocenters. The van der Waals surface area contributed by atoms with Gasteiger partial charge in [0.2, 0.25) is 0 Å². The van der Waals surface area contributed by atoms with Gasteiger partial charge in [-0.15, -0.1) is 0 Å². The number of benzene rings is 1. The first kappa shape index (κ1) is 14.9. The minimum absolute atomic E-state index is 0.123. The van der Waals surface area contributed by atoms with Crippen LogP contribution in [0.25, 0.3) is 0 Å². The molecule has 0 unspecified atom stereocenters. The van der Waals surface area contributed by atoms with E-state index in [0.29, 0.717) is 23.4 Å². The molecule has 0 bridgehead atoms. The van der Waals surface area contributed by atoms with Gasteiger partial charge in [-0.1, -0.05) is 51.0 Å². The number of ketones is 1. The molecule has 0 saturated heterocycles. The Morgan fingerprint density at radius 1 is 1.17 bits per heavy atom. The van der Waals surface area contributed by atoms with E-state index in [4.69, 9.17) is 10.0 Å². The summed E-state index contributed by atoms with van der Waals surface area (Å²) in [6.45, 7) is 4.36. The van der Waals surface area contributed by atoms with Crippen LogP contribution in [0.4, 0.5) is 0 Å². The highest BCUT2D eigenvalue weighted by Crippen LogP contribution is 2.11. The zero-order valence-corrected chi connectivity index (χ0v) is 11.1. The first-order chi connectivity index (χ1) is 8.50. The van der Waals surface area contributed by atoms with Gasteiger partial charge >= 0.3 is 7.12 Å². The maximum atomic E-state index is 11.8. The van der Waals surface area contributed by atoms with Crippen LogP contribution in [0.15, 0.2) is 24.3 Å². The van der Waals surface area contributed by atoms with Gasteiger partial charge in [-0.25, -0.2) is 0 Å². The van der Waals surface area contributed by atoms with Gasteiger partial charge in [-0.2, -0.15) is 0 Å². The minimum atomic E-state index is -1.47. The lowest BCUT2D eigenvalue weighted by Gasteiger charge is -2.05. The first-order valence-electron chi connectivity index (χ1n) is 6.50. The molecule has 0 aromatic heterocycles. The Kier molecular flexibility index (Phi) is 6.09. The fourth-order valence-electron chi connectivity index (χ4n) is 1.82. The van der Waals surface area contributed by atoms with Crippen LogP contribution in [0.1, 0.15) is 49.9 Å². The zero-order valence-electron chi connectivity index (χ0n) is 11.1. The van der Waals surface area contributed by atoms with Crippen LogP contribution < -0.4 is 5.46 Å². The molecule has 4 heteroatoms. The van der Waals surface area contributed by atoms with Crippen LogP contribution in [0.5, 0.6) is 0 Å². The Morgan fingerprint density at radius 2 is 1.78 bits per heavy atom. The van der Waals surface area contributed by atoms with Crippen LogP contribution in [0.2, 0.25) is 0 Å². The molecule has 98 valence electrons. The number of carbonyl (C=O) groups is 1. The predicted molar refractivity (Wildman–Crippen MR) is 73.9 cm³/mol. The maximum absolute atomic E-state index is 11.8. The molecule has 2 N–H and O–H groups in total. The number of rotatable bonds is 7. The van der Waals surface area contributed by atoms with Gasteiger partial charge in [0.1, 0.15) is 0 Å². The second kappa shape index (κ2) is 7.34. The molecule has 0 spiro atoms. The van der Waals surface area contributed by atoms with E-state index < -0.39 is 7.12 Å². The molecule has 0 amide bonds. The van der Waals surface area contributed by atoms with E-state index in [2.05, 4.69) is 13.8 Å². The lowest BCUT2D eigenvalue weighted by Crippen LogP contribution is -2.29.